The van der Waals surface area contributed by atoms with Gasteiger partial charge in [0.1, 0.15) is 5.69 Å². The summed E-state index contributed by atoms with van der Waals surface area (Å²) < 4.78 is 0.910. The first-order valence-electron chi connectivity index (χ1n) is 6.11. The van der Waals surface area contributed by atoms with Gasteiger partial charge in [-0.1, -0.05) is 0 Å². The van der Waals surface area contributed by atoms with E-state index in [1.165, 1.54) is 12.8 Å². The van der Waals surface area contributed by atoms with Crippen molar-refractivity contribution in [1.82, 2.24) is 15.6 Å². The zero-order valence-electron chi connectivity index (χ0n) is 9.50. The Morgan fingerprint density at radius 2 is 2.06 bits per heavy atom. The van der Waals surface area contributed by atoms with Crippen LogP contribution in [-0.2, 0) is 0 Å². The lowest BCUT2D eigenvalue weighted by Gasteiger charge is -2.29. The van der Waals surface area contributed by atoms with E-state index >= 15 is 0 Å². The molecule has 1 amide bonds. The molecule has 2 aliphatic heterocycles. The van der Waals surface area contributed by atoms with E-state index in [1.807, 2.05) is 6.07 Å². The molecule has 3 N–H and O–H groups in total. The topological polar surface area (TPSA) is 56.9 Å². The minimum Gasteiger partial charge on any atom is -0.356 e. The number of H-pyrrole nitrogens is 1. The minimum absolute atomic E-state index is 0.00185. The summed E-state index contributed by atoms with van der Waals surface area (Å²) in [6, 6.07) is 3.34. The second-order valence-electron chi connectivity index (χ2n) is 5.01. The minimum atomic E-state index is 0.00185. The third kappa shape index (κ3) is 2.40. The number of fused-ring (bicyclic) bond motifs is 2. The summed E-state index contributed by atoms with van der Waals surface area (Å²) in [5.41, 5.74) is 0.628. The highest BCUT2D eigenvalue weighted by molar-refractivity contribution is 9.10. The van der Waals surface area contributed by atoms with Gasteiger partial charge >= 0.3 is 0 Å². The molecule has 2 aliphatic rings. The Balaban J connectivity index is 1.62. The molecule has 2 atom stereocenters. The van der Waals surface area contributed by atoms with Crippen molar-refractivity contribution in [2.45, 2.75) is 43.8 Å². The number of rotatable bonds is 2. The summed E-state index contributed by atoms with van der Waals surface area (Å²) in [4.78, 5) is 14.9. The van der Waals surface area contributed by atoms with Crippen LogP contribution >= 0.6 is 15.9 Å². The van der Waals surface area contributed by atoms with E-state index in [0.717, 1.165) is 17.3 Å². The summed E-state index contributed by atoms with van der Waals surface area (Å²) in [6.07, 6.45) is 6.41. The molecule has 0 spiro atoms. The average Bonchev–Trinajstić information content (AvgIpc) is 2.85. The molecule has 1 aromatic heterocycles. The van der Waals surface area contributed by atoms with Crippen LogP contribution in [0.2, 0.25) is 0 Å². The monoisotopic (exact) mass is 297 g/mol. The molecule has 3 heterocycles. The largest absolute Gasteiger partial charge is 0.356 e. The highest BCUT2D eigenvalue weighted by atomic mass is 79.9. The van der Waals surface area contributed by atoms with Crippen molar-refractivity contribution in [1.29, 1.82) is 0 Å². The molecule has 92 valence electrons. The second kappa shape index (κ2) is 4.46. The molecule has 0 saturated carbocycles. The summed E-state index contributed by atoms with van der Waals surface area (Å²) in [5, 5.41) is 6.69. The van der Waals surface area contributed by atoms with E-state index in [0.29, 0.717) is 23.8 Å². The fourth-order valence-corrected chi connectivity index (χ4v) is 3.28. The van der Waals surface area contributed by atoms with E-state index < -0.39 is 0 Å². The van der Waals surface area contributed by atoms with Crippen LogP contribution in [0, 0.1) is 0 Å². The van der Waals surface area contributed by atoms with Crippen molar-refractivity contribution < 1.29 is 4.79 Å². The summed E-state index contributed by atoms with van der Waals surface area (Å²) in [5.74, 6) is 0.00185. The van der Waals surface area contributed by atoms with Crippen LogP contribution in [0.25, 0.3) is 0 Å². The number of piperidine rings is 1. The first kappa shape index (κ1) is 11.3. The highest BCUT2D eigenvalue weighted by Crippen LogP contribution is 2.26. The van der Waals surface area contributed by atoms with Crippen LogP contribution in [-0.4, -0.2) is 29.0 Å². The first-order chi connectivity index (χ1) is 8.20. The predicted molar refractivity (Wildman–Crippen MR) is 68.9 cm³/mol. The van der Waals surface area contributed by atoms with Crippen molar-refractivity contribution in [3.63, 3.8) is 0 Å². The lowest BCUT2D eigenvalue weighted by molar-refractivity contribution is 0.0919. The molecule has 1 aromatic rings. The molecular formula is C12H16BrN3O. The molecule has 2 fully saturated rings. The van der Waals surface area contributed by atoms with Crippen molar-refractivity contribution in [3.8, 4) is 0 Å². The number of amides is 1. The van der Waals surface area contributed by atoms with Gasteiger partial charge in [-0.2, -0.15) is 0 Å². The van der Waals surface area contributed by atoms with Gasteiger partial charge < -0.3 is 15.6 Å². The van der Waals surface area contributed by atoms with Crippen LogP contribution in [0.4, 0.5) is 0 Å². The maximum absolute atomic E-state index is 12.0. The fourth-order valence-electron chi connectivity index (χ4n) is 2.94. The van der Waals surface area contributed by atoms with Gasteiger partial charge in [0.2, 0.25) is 0 Å². The van der Waals surface area contributed by atoms with Gasteiger partial charge in [0.25, 0.3) is 5.91 Å². The number of hydrogen-bond donors (Lipinski definition) is 3. The molecule has 3 rings (SSSR count). The maximum atomic E-state index is 12.0. The van der Waals surface area contributed by atoms with Crippen molar-refractivity contribution in [3.05, 3.63) is 22.4 Å². The van der Waals surface area contributed by atoms with Gasteiger partial charge in [-0.15, -0.1) is 0 Å². The van der Waals surface area contributed by atoms with E-state index in [9.17, 15) is 4.79 Å². The third-order valence-electron chi connectivity index (χ3n) is 3.70. The van der Waals surface area contributed by atoms with Crippen molar-refractivity contribution in [2.75, 3.05) is 0 Å². The molecule has 0 radical (unpaired) electrons. The van der Waals surface area contributed by atoms with Gasteiger partial charge in [-0.25, -0.2) is 0 Å². The van der Waals surface area contributed by atoms with E-state index in [1.54, 1.807) is 6.20 Å². The normalized spacial score (nSPS) is 31.5. The predicted octanol–water partition coefficient (Wildman–Crippen LogP) is 1.79. The van der Waals surface area contributed by atoms with Crippen LogP contribution in [0.1, 0.15) is 36.2 Å². The van der Waals surface area contributed by atoms with Crippen molar-refractivity contribution >= 4 is 21.8 Å². The van der Waals surface area contributed by atoms with Gasteiger partial charge in [0.15, 0.2) is 0 Å². The quantitative estimate of drug-likeness (QED) is 0.779. The van der Waals surface area contributed by atoms with Gasteiger partial charge in [0, 0.05) is 28.8 Å². The van der Waals surface area contributed by atoms with Crippen LogP contribution in [0.3, 0.4) is 0 Å². The van der Waals surface area contributed by atoms with Crippen LogP contribution in [0.5, 0.6) is 0 Å². The number of carbonyl (C=O) groups excluding carboxylic acids is 1. The van der Waals surface area contributed by atoms with Crippen LogP contribution in [0.15, 0.2) is 16.7 Å². The Kier molecular flexibility index (Phi) is 2.96. The number of aromatic nitrogens is 1. The SMILES string of the molecule is O=C(NC1CC2CCC(C1)N2)c1cc(Br)c[nH]1. The lowest BCUT2D eigenvalue weighted by Crippen LogP contribution is -2.48. The number of nitrogens with one attached hydrogen (secondary N) is 3. The summed E-state index contributed by atoms with van der Waals surface area (Å²) >= 11 is 3.33. The first-order valence-corrected chi connectivity index (χ1v) is 6.91. The Labute approximate surface area is 109 Å². The molecule has 2 bridgehead atoms. The number of carbonyl (C=O) groups is 1. The van der Waals surface area contributed by atoms with Crippen LogP contribution < -0.4 is 10.6 Å². The van der Waals surface area contributed by atoms with E-state index in [2.05, 4.69) is 31.5 Å². The maximum Gasteiger partial charge on any atom is 0.267 e. The zero-order valence-corrected chi connectivity index (χ0v) is 11.1. The zero-order chi connectivity index (χ0) is 11.8. The Morgan fingerprint density at radius 1 is 1.35 bits per heavy atom. The smallest absolute Gasteiger partial charge is 0.267 e. The third-order valence-corrected chi connectivity index (χ3v) is 4.16. The summed E-state index contributed by atoms with van der Waals surface area (Å²) in [7, 11) is 0. The number of aromatic amines is 1. The Hall–Kier alpha value is -0.810. The fraction of sp³-hybridized carbons (Fsp3) is 0.583. The molecule has 0 aliphatic carbocycles. The highest BCUT2D eigenvalue weighted by Gasteiger charge is 2.34. The standard InChI is InChI=1S/C12H16BrN3O/c13-7-3-11(14-6-7)12(17)16-10-4-8-1-2-9(5-10)15-8/h3,6,8-10,14-15H,1-2,4-5H2,(H,16,17). The van der Waals surface area contributed by atoms with Gasteiger partial charge in [-0.05, 0) is 47.7 Å². The Morgan fingerprint density at radius 3 is 2.65 bits per heavy atom. The Bertz CT molecular complexity index is 419. The molecule has 0 aromatic carbocycles. The summed E-state index contributed by atoms with van der Waals surface area (Å²) in [6.45, 7) is 0. The molecule has 2 unspecified atom stereocenters. The van der Waals surface area contributed by atoms with Crippen molar-refractivity contribution in [2.24, 2.45) is 0 Å². The number of halogens is 1. The molecular weight excluding hydrogens is 282 g/mol. The van der Waals surface area contributed by atoms with E-state index in [-0.39, 0.29) is 5.91 Å². The molecule has 4 nitrogen and oxygen atoms in total. The second-order valence-corrected chi connectivity index (χ2v) is 5.93. The van der Waals surface area contributed by atoms with Gasteiger partial charge in [-0.3, -0.25) is 4.79 Å². The average molecular weight is 298 g/mol. The lowest BCUT2D eigenvalue weighted by atomic mass is 10.00. The van der Waals surface area contributed by atoms with E-state index in [4.69, 9.17) is 0 Å². The molecule has 2 saturated heterocycles. The molecule has 5 heteroatoms. The van der Waals surface area contributed by atoms with Gasteiger partial charge in [0.05, 0.1) is 0 Å². The molecule has 17 heavy (non-hydrogen) atoms. The number of hydrogen-bond acceptors (Lipinski definition) is 2.